The average Bonchev–Trinajstić information content (AvgIpc) is 1.59. The number of aliphatic carboxylic acids is 2. The molecule has 6 aromatic rings. The first-order valence-electron chi connectivity index (χ1n) is 40.7. The van der Waals surface area contributed by atoms with E-state index >= 15 is 0 Å². The summed E-state index contributed by atoms with van der Waals surface area (Å²) in [5.74, 6) is -8.31. The Morgan fingerprint density at radius 2 is 1.19 bits per heavy atom. The van der Waals surface area contributed by atoms with Gasteiger partial charge in [-0.1, -0.05) is 133 Å². The van der Waals surface area contributed by atoms with Gasteiger partial charge in [0.15, 0.2) is 23.5 Å². The quantitative estimate of drug-likeness (QED) is 0.00578. The monoisotopic (exact) mass is 1750 g/mol. The molecular formula is C90H104N7O23S3-. The maximum absolute atomic E-state index is 15.0. The van der Waals surface area contributed by atoms with Gasteiger partial charge in [-0.3, -0.25) is 42.9 Å². The number of carbonyl (C=O) groups excluding carboxylic acids is 8. The summed E-state index contributed by atoms with van der Waals surface area (Å²) in [4.78, 5) is 133. The first-order chi connectivity index (χ1) is 58.5. The molecule has 3 aliphatic rings. The van der Waals surface area contributed by atoms with Crippen LogP contribution in [0.4, 0.5) is 16.2 Å². The number of carboxylic acids is 2. The van der Waals surface area contributed by atoms with Crippen molar-refractivity contribution < 1.29 is 111 Å². The molecule has 2 heterocycles. The zero-order valence-electron chi connectivity index (χ0n) is 68.7. The number of ketones is 3. The first kappa shape index (κ1) is 95.2. The molecule has 2 aliphatic heterocycles. The molecule has 0 aromatic heterocycles. The second-order valence-electron chi connectivity index (χ2n) is 31.4. The molecule has 656 valence electrons. The number of anilines is 1. The molecular weight excluding hydrogens is 1640 g/mol. The number of allylic oxidation sites excluding steroid dienone is 7. The highest BCUT2D eigenvalue weighted by atomic mass is 32.2. The van der Waals surface area contributed by atoms with E-state index in [9.17, 15) is 92.0 Å². The third-order valence-electron chi connectivity index (χ3n) is 21.9. The summed E-state index contributed by atoms with van der Waals surface area (Å²) in [5.41, 5.74) is 6.93. The highest BCUT2D eigenvalue weighted by Crippen LogP contribution is 2.51. The summed E-state index contributed by atoms with van der Waals surface area (Å²) < 4.78 is 120. The van der Waals surface area contributed by atoms with Gasteiger partial charge in [-0.2, -0.15) is 13.0 Å². The number of para-hydroxylation sites is 2. The molecule has 8 N–H and O–H groups in total. The average molecular weight is 1750 g/mol. The standard InChI is InChI=1S/C90H105N7O23S3/c1-89(2)72-31-13-15-33-76(72)96(50-20-52-121(110,111)112)79(89)44-36-64-28-17-29-65(84(64)120-70-39-41-71(42-40-70)123(116,117)118)37-45-80-90(3,73-32-14-16-34-77(73)97(80)51-21-53-122(113,114)115)48-18-35-81(102)93-75(56-63-26-11-6-12-27-63)78(101)58-67(55-62-24-9-5-10-25-62)86(106)92-59-69(100)30-19-49-91-85(105)66(54-61-22-7-4-8-23-61)57-68(99)38-43-74(87(107)108)94-88(109)95-82(119-60-98)46-47-83(103)104/h4-16,22-27,31-34,36-37,39-42,44-45,60,66-67,74-75,82H,17-21,28-30,35,38,43,46-59H2,1-3H3,(H9-,91,92,93,94,95,102,103,104,105,106,107,108,109,110,111,112,113,114,115,116,117,118)/p-1/t66-,67-,74+,75+,82-,90?/m1/s1. The van der Waals surface area contributed by atoms with Crippen molar-refractivity contribution in [2.75, 3.05) is 42.6 Å². The van der Waals surface area contributed by atoms with Gasteiger partial charge in [0.2, 0.25) is 23.4 Å². The molecule has 5 amide bonds. The lowest BCUT2D eigenvalue weighted by Crippen LogP contribution is -2.49. The van der Waals surface area contributed by atoms with Crippen molar-refractivity contribution in [2.24, 2.45) is 11.8 Å². The number of hydrogen-bond donors (Lipinski definition) is 8. The van der Waals surface area contributed by atoms with Crippen LogP contribution in [0.15, 0.2) is 216 Å². The number of amides is 5. The number of carbonyl (C=O) groups is 10. The summed E-state index contributed by atoms with van der Waals surface area (Å²) in [7, 11) is -13.8. The molecule has 6 atom stereocenters. The van der Waals surface area contributed by atoms with E-state index in [1.807, 2.05) is 103 Å². The molecule has 0 bridgehead atoms. The number of nitrogens with one attached hydrogen (secondary N) is 5. The highest BCUT2D eigenvalue weighted by Gasteiger charge is 2.46. The fourth-order valence-corrected chi connectivity index (χ4v) is 17.2. The largest absolute Gasteiger partial charge is 0.748 e. The van der Waals surface area contributed by atoms with E-state index in [0.29, 0.717) is 59.4 Å². The molecule has 33 heteroatoms. The zero-order valence-corrected chi connectivity index (χ0v) is 71.1. The predicted molar refractivity (Wildman–Crippen MR) is 455 cm³/mol. The van der Waals surface area contributed by atoms with Crippen LogP contribution in [-0.4, -0.2) is 175 Å². The van der Waals surface area contributed by atoms with Crippen LogP contribution in [0.1, 0.15) is 151 Å². The minimum absolute atomic E-state index is 0.0134. The van der Waals surface area contributed by atoms with Crippen LogP contribution < -0.4 is 36.2 Å². The molecule has 6 aromatic carbocycles. The second kappa shape index (κ2) is 44.4. The van der Waals surface area contributed by atoms with Gasteiger partial charge in [0.05, 0.1) is 49.6 Å². The van der Waals surface area contributed by atoms with E-state index in [1.54, 1.807) is 91.0 Å². The highest BCUT2D eigenvalue weighted by molar-refractivity contribution is 7.86. The minimum atomic E-state index is -4.66. The Kier molecular flexibility index (Phi) is 34.4. The molecule has 0 radical (unpaired) electrons. The smallest absolute Gasteiger partial charge is 0.326 e. The van der Waals surface area contributed by atoms with E-state index in [2.05, 4.69) is 26.6 Å². The van der Waals surface area contributed by atoms with Crippen LogP contribution in [0.2, 0.25) is 0 Å². The number of urea groups is 1. The van der Waals surface area contributed by atoms with Gasteiger partial charge < -0.3 is 60.3 Å². The summed E-state index contributed by atoms with van der Waals surface area (Å²) in [6.45, 7) is 5.93. The molecule has 0 spiro atoms. The zero-order chi connectivity index (χ0) is 89.1. The van der Waals surface area contributed by atoms with Crippen LogP contribution in [0.3, 0.4) is 0 Å². The van der Waals surface area contributed by atoms with E-state index < -0.39 is 155 Å². The van der Waals surface area contributed by atoms with Crippen LogP contribution in [0.5, 0.6) is 5.75 Å². The summed E-state index contributed by atoms with van der Waals surface area (Å²) >= 11 is 0. The fourth-order valence-electron chi connectivity index (χ4n) is 15.7. The van der Waals surface area contributed by atoms with Crippen LogP contribution >= 0.6 is 0 Å². The normalized spacial score (nSPS) is 16.9. The van der Waals surface area contributed by atoms with Crippen LogP contribution in [0.25, 0.3) is 0 Å². The van der Waals surface area contributed by atoms with Gasteiger partial charge >= 0.3 is 18.0 Å². The number of carboxylic acid groups (broad SMARTS) is 2. The van der Waals surface area contributed by atoms with Gasteiger partial charge in [-0.15, -0.1) is 0 Å². The van der Waals surface area contributed by atoms with Crippen LogP contribution in [0, 0.1) is 11.8 Å². The number of benzene rings is 6. The van der Waals surface area contributed by atoms with Crippen molar-refractivity contribution in [1.82, 2.24) is 26.6 Å². The third-order valence-corrected chi connectivity index (χ3v) is 24.4. The molecule has 9 rings (SSSR count). The lowest BCUT2D eigenvalue weighted by molar-refractivity contribution is -0.437. The van der Waals surface area contributed by atoms with E-state index in [4.69, 9.17) is 14.6 Å². The Morgan fingerprint density at radius 1 is 0.593 bits per heavy atom. The van der Waals surface area contributed by atoms with Crippen molar-refractivity contribution in [3.8, 4) is 5.75 Å². The molecule has 0 fully saturated rings. The lowest BCUT2D eigenvalue weighted by atomic mass is 9.77. The van der Waals surface area contributed by atoms with Gasteiger partial charge in [-0.05, 0) is 167 Å². The van der Waals surface area contributed by atoms with Crippen molar-refractivity contribution in [2.45, 2.75) is 177 Å². The Labute approximate surface area is 716 Å². The summed E-state index contributed by atoms with van der Waals surface area (Å²) in [5, 5.41) is 31.7. The Balaban J connectivity index is 0.898. The number of hydrogen-bond acceptors (Lipinski definition) is 21. The molecule has 123 heavy (non-hydrogen) atoms. The number of Topliss-reactive ketones (excluding diaryl/α,β-unsaturated/α-hetero) is 3. The lowest BCUT2D eigenvalue weighted by Gasteiger charge is -2.31. The second-order valence-corrected chi connectivity index (χ2v) is 35.9. The van der Waals surface area contributed by atoms with E-state index in [-0.39, 0.29) is 120 Å². The molecule has 1 aliphatic carbocycles. The maximum atomic E-state index is 15.0. The molecule has 0 saturated heterocycles. The van der Waals surface area contributed by atoms with Crippen molar-refractivity contribution in [3.05, 3.63) is 239 Å². The summed E-state index contributed by atoms with van der Waals surface area (Å²) in [6.07, 6.45) is 6.30. The third kappa shape index (κ3) is 28.7. The van der Waals surface area contributed by atoms with Gasteiger partial charge in [-0.25, -0.2) is 26.4 Å². The number of fused-ring (bicyclic) bond motifs is 2. The fraction of sp³-hybridized carbons (Fsp3) is 0.389. The molecule has 0 saturated carbocycles. The Bertz CT molecular complexity index is 5330. The molecule has 1 unspecified atom stereocenters. The van der Waals surface area contributed by atoms with Crippen molar-refractivity contribution >= 4 is 107 Å². The van der Waals surface area contributed by atoms with Gasteiger partial charge in [0, 0.05) is 116 Å². The Hall–Kier alpha value is -11.6. The first-order valence-corrected chi connectivity index (χ1v) is 45.3. The number of ether oxygens (including phenoxy) is 2. The SMILES string of the molecule is CC1(C)C(/C=C/C2=C(Oc3ccc(S(=O)(=O)O)cc3)C(=C/C=C3/N(CCCS(=O)(=O)[O-])c4ccccc4C3(C)CCCC(=O)N[C@@H](Cc3ccccc3)C(=O)C[C@@H](Cc3ccccc3)C(=O)NCC(=O)CCCNC(=O)[C@@H](CC(=O)CC[C@H](NC(=O)N[C@@H](CCC(=O)O)OC=O)C(=O)O)Cc3ccccc3)/CCC2)=[N+](CCCS(=O)(=O)[O-])c2ccccc21. The topological polar surface area (TPSA) is 465 Å². The van der Waals surface area contributed by atoms with Crippen molar-refractivity contribution in [1.29, 1.82) is 0 Å². The minimum Gasteiger partial charge on any atom is -0.748 e. The Morgan fingerprint density at radius 3 is 1.80 bits per heavy atom. The van der Waals surface area contributed by atoms with Crippen molar-refractivity contribution in [3.63, 3.8) is 0 Å². The predicted octanol–water partition coefficient (Wildman–Crippen LogP) is 9.85. The van der Waals surface area contributed by atoms with Crippen LogP contribution in [-0.2, 0) is 108 Å². The van der Waals surface area contributed by atoms with E-state index in [0.717, 1.165) is 33.8 Å². The number of nitrogens with zero attached hydrogens (tertiary/aromatic N) is 2. The van der Waals surface area contributed by atoms with E-state index in [1.165, 1.54) is 24.3 Å². The molecule has 30 nitrogen and oxygen atoms in total. The summed E-state index contributed by atoms with van der Waals surface area (Å²) in [6, 6.07) is 43.4. The number of rotatable bonds is 49. The maximum Gasteiger partial charge on any atom is 0.326 e. The van der Waals surface area contributed by atoms with Gasteiger partial charge in [0.25, 0.3) is 16.6 Å². The van der Waals surface area contributed by atoms with Gasteiger partial charge in [0.1, 0.15) is 29.9 Å².